The number of nitrogens with zero attached hydrogens (tertiary/aromatic N) is 5. The zero-order chi connectivity index (χ0) is 16.6. The summed E-state index contributed by atoms with van der Waals surface area (Å²) in [5.74, 6) is -0.0886. The maximum Gasteiger partial charge on any atom is 0.336 e. The Kier molecular flexibility index (Phi) is 3.79. The summed E-state index contributed by atoms with van der Waals surface area (Å²) in [5, 5.41) is 21.4. The summed E-state index contributed by atoms with van der Waals surface area (Å²) in [6.45, 7) is 7.60. The molecule has 0 saturated carbocycles. The van der Waals surface area contributed by atoms with Crippen LogP contribution in [0.25, 0.3) is 0 Å². The van der Waals surface area contributed by atoms with E-state index in [9.17, 15) is 9.90 Å². The number of carbonyl (C=O) groups is 1. The van der Waals surface area contributed by atoms with Crippen molar-refractivity contribution in [3.05, 3.63) is 35.2 Å². The highest BCUT2D eigenvalue weighted by molar-refractivity contribution is 5.91. The molecule has 2 heterocycles. The van der Waals surface area contributed by atoms with Gasteiger partial charge in [-0.15, -0.1) is 5.10 Å². The van der Waals surface area contributed by atoms with Crippen molar-refractivity contribution in [1.29, 1.82) is 0 Å². The lowest BCUT2D eigenvalue weighted by atomic mass is 9.96. The van der Waals surface area contributed by atoms with Crippen LogP contribution in [-0.2, 0) is 18.5 Å². The molecule has 0 bridgehead atoms. The van der Waals surface area contributed by atoms with Crippen molar-refractivity contribution in [2.24, 2.45) is 0 Å². The smallest absolute Gasteiger partial charge is 0.336 e. The van der Waals surface area contributed by atoms with Crippen molar-refractivity contribution in [3.63, 3.8) is 0 Å². The zero-order valence-corrected chi connectivity index (χ0v) is 13.7. The monoisotopic (exact) mass is 315 g/mol. The number of fused-ring (bicyclic) bond motifs is 1. The SMILES string of the molecule is CC(C)(C)n1nnnc1CN1CCCc2c(C(=O)O)cccc21. The highest BCUT2D eigenvalue weighted by atomic mass is 16.4. The number of carboxylic acid groups (broad SMARTS) is 1. The fourth-order valence-corrected chi connectivity index (χ4v) is 3.06. The van der Waals surface area contributed by atoms with Crippen LogP contribution in [0.1, 0.15) is 48.9 Å². The van der Waals surface area contributed by atoms with Crippen LogP contribution in [0.15, 0.2) is 18.2 Å². The first-order valence-corrected chi connectivity index (χ1v) is 7.76. The van der Waals surface area contributed by atoms with Gasteiger partial charge in [-0.05, 0) is 61.7 Å². The number of aromatic carboxylic acids is 1. The molecule has 0 aliphatic carbocycles. The van der Waals surface area contributed by atoms with Gasteiger partial charge in [-0.25, -0.2) is 9.48 Å². The summed E-state index contributed by atoms with van der Waals surface area (Å²) in [6.07, 6.45) is 1.72. The van der Waals surface area contributed by atoms with Gasteiger partial charge in [0.2, 0.25) is 0 Å². The molecule has 1 aliphatic heterocycles. The first kappa shape index (κ1) is 15.5. The third-order valence-electron chi connectivity index (χ3n) is 4.08. The second kappa shape index (κ2) is 5.64. The molecule has 7 heteroatoms. The fraction of sp³-hybridized carbons (Fsp3) is 0.500. The normalized spacial score (nSPS) is 14.7. The first-order valence-electron chi connectivity index (χ1n) is 7.76. The number of anilines is 1. The van der Waals surface area contributed by atoms with Crippen LogP contribution in [0.5, 0.6) is 0 Å². The standard InChI is InChI=1S/C16H21N5O2/c1-16(2,3)21-14(17-18-19-21)10-20-9-5-7-11-12(15(22)23)6-4-8-13(11)20/h4,6,8H,5,7,9-10H2,1-3H3,(H,22,23). The highest BCUT2D eigenvalue weighted by Gasteiger charge is 2.25. The van der Waals surface area contributed by atoms with E-state index in [0.717, 1.165) is 36.5 Å². The molecule has 0 amide bonds. The summed E-state index contributed by atoms with van der Waals surface area (Å²) in [4.78, 5) is 13.6. The number of tetrazole rings is 1. The number of benzene rings is 1. The minimum Gasteiger partial charge on any atom is -0.478 e. The predicted molar refractivity (Wildman–Crippen MR) is 85.6 cm³/mol. The van der Waals surface area contributed by atoms with Crippen molar-refractivity contribution in [1.82, 2.24) is 20.2 Å². The average Bonchev–Trinajstić information content (AvgIpc) is 2.95. The molecule has 122 valence electrons. The molecular formula is C16H21N5O2. The lowest BCUT2D eigenvalue weighted by molar-refractivity contribution is 0.0695. The molecule has 3 rings (SSSR count). The molecular weight excluding hydrogens is 294 g/mol. The fourth-order valence-electron chi connectivity index (χ4n) is 3.06. The van der Waals surface area contributed by atoms with Crippen LogP contribution in [0, 0.1) is 0 Å². The van der Waals surface area contributed by atoms with Crippen molar-refractivity contribution < 1.29 is 9.90 Å². The van der Waals surface area contributed by atoms with Gasteiger partial charge in [0.25, 0.3) is 0 Å². The Morgan fingerprint density at radius 2 is 2.13 bits per heavy atom. The van der Waals surface area contributed by atoms with E-state index >= 15 is 0 Å². The molecule has 0 fully saturated rings. The minimum atomic E-state index is -0.872. The van der Waals surface area contributed by atoms with E-state index in [2.05, 4.69) is 41.2 Å². The number of aromatic nitrogens is 4. The molecule has 1 N–H and O–H groups in total. The quantitative estimate of drug-likeness (QED) is 0.933. The first-order chi connectivity index (χ1) is 10.9. The van der Waals surface area contributed by atoms with Gasteiger partial charge in [-0.1, -0.05) is 6.07 Å². The van der Waals surface area contributed by atoms with Crippen LogP contribution < -0.4 is 4.90 Å². The van der Waals surface area contributed by atoms with Crippen LogP contribution in [-0.4, -0.2) is 37.8 Å². The molecule has 1 aromatic carbocycles. The van der Waals surface area contributed by atoms with Crippen molar-refractivity contribution >= 4 is 11.7 Å². The van der Waals surface area contributed by atoms with Crippen LogP contribution in [0.3, 0.4) is 0 Å². The van der Waals surface area contributed by atoms with Gasteiger partial charge in [-0.2, -0.15) is 0 Å². The van der Waals surface area contributed by atoms with Gasteiger partial charge in [-0.3, -0.25) is 0 Å². The summed E-state index contributed by atoms with van der Waals surface area (Å²) >= 11 is 0. The van der Waals surface area contributed by atoms with E-state index in [0.29, 0.717) is 12.1 Å². The van der Waals surface area contributed by atoms with E-state index in [1.54, 1.807) is 12.1 Å². The Bertz CT molecular complexity index is 732. The molecule has 2 aromatic rings. The predicted octanol–water partition coefficient (Wildman–Crippen LogP) is 2.08. The topological polar surface area (TPSA) is 84.1 Å². The number of carboxylic acids is 1. The molecule has 7 nitrogen and oxygen atoms in total. The zero-order valence-electron chi connectivity index (χ0n) is 13.7. The third-order valence-corrected chi connectivity index (χ3v) is 4.08. The highest BCUT2D eigenvalue weighted by Crippen LogP contribution is 2.31. The Labute approximate surface area is 134 Å². The lowest BCUT2D eigenvalue weighted by Crippen LogP contribution is -2.33. The van der Waals surface area contributed by atoms with Crippen molar-refractivity contribution in [3.8, 4) is 0 Å². The maximum absolute atomic E-state index is 11.4. The second-order valence-corrected chi connectivity index (χ2v) is 6.81. The largest absolute Gasteiger partial charge is 0.478 e. The maximum atomic E-state index is 11.4. The summed E-state index contributed by atoms with van der Waals surface area (Å²) in [5.41, 5.74) is 2.07. The third kappa shape index (κ3) is 2.91. The van der Waals surface area contributed by atoms with Gasteiger partial charge in [0.05, 0.1) is 17.6 Å². The van der Waals surface area contributed by atoms with E-state index in [-0.39, 0.29) is 5.54 Å². The Balaban J connectivity index is 1.95. The molecule has 1 aromatic heterocycles. The summed E-state index contributed by atoms with van der Waals surface area (Å²) in [7, 11) is 0. The van der Waals surface area contributed by atoms with Gasteiger partial charge in [0, 0.05) is 12.2 Å². The second-order valence-electron chi connectivity index (χ2n) is 6.81. The molecule has 0 unspecified atom stereocenters. The lowest BCUT2D eigenvalue weighted by Gasteiger charge is -2.32. The molecule has 0 spiro atoms. The van der Waals surface area contributed by atoms with Crippen LogP contribution in [0.4, 0.5) is 5.69 Å². The molecule has 0 radical (unpaired) electrons. The Morgan fingerprint density at radius 3 is 2.83 bits per heavy atom. The number of hydrogen-bond donors (Lipinski definition) is 1. The Morgan fingerprint density at radius 1 is 1.35 bits per heavy atom. The summed E-state index contributed by atoms with van der Waals surface area (Å²) < 4.78 is 1.82. The minimum absolute atomic E-state index is 0.194. The molecule has 0 atom stereocenters. The van der Waals surface area contributed by atoms with Gasteiger partial charge < -0.3 is 10.0 Å². The number of hydrogen-bond acceptors (Lipinski definition) is 5. The van der Waals surface area contributed by atoms with E-state index in [4.69, 9.17) is 0 Å². The van der Waals surface area contributed by atoms with E-state index in [1.165, 1.54) is 0 Å². The van der Waals surface area contributed by atoms with Gasteiger partial charge in [0.15, 0.2) is 5.82 Å². The molecule has 1 aliphatic rings. The van der Waals surface area contributed by atoms with E-state index < -0.39 is 5.97 Å². The Hall–Kier alpha value is -2.44. The number of rotatable bonds is 3. The van der Waals surface area contributed by atoms with Crippen LogP contribution >= 0.6 is 0 Å². The van der Waals surface area contributed by atoms with Gasteiger partial charge >= 0.3 is 5.97 Å². The molecule has 0 saturated heterocycles. The molecule has 23 heavy (non-hydrogen) atoms. The van der Waals surface area contributed by atoms with E-state index in [1.807, 2.05) is 10.7 Å². The summed E-state index contributed by atoms with van der Waals surface area (Å²) in [6, 6.07) is 5.45. The average molecular weight is 315 g/mol. The van der Waals surface area contributed by atoms with Gasteiger partial charge in [0.1, 0.15) is 0 Å². The van der Waals surface area contributed by atoms with Crippen LogP contribution in [0.2, 0.25) is 0 Å². The van der Waals surface area contributed by atoms with Crippen molar-refractivity contribution in [2.75, 3.05) is 11.4 Å². The van der Waals surface area contributed by atoms with Crippen molar-refractivity contribution in [2.45, 2.75) is 45.7 Å².